The van der Waals surface area contributed by atoms with Gasteiger partial charge in [-0.15, -0.1) is 0 Å². The molecule has 7 nitrogen and oxygen atoms in total. The summed E-state index contributed by atoms with van der Waals surface area (Å²) in [5.74, 6) is -0.181. The van der Waals surface area contributed by atoms with E-state index in [1.807, 2.05) is 31.2 Å². The van der Waals surface area contributed by atoms with Crippen molar-refractivity contribution >= 4 is 29.2 Å². The van der Waals surface area contributed by atoms with Crippen LogP contribution in [0.1, 0.15) is 22.8 Å². The second-order valence-electron chi connectivity index (χ2n) is 6.80. The maximum absolute atomic E-state index is 12.4. The number of carbonyl (C=O) groups excluding carboxylic acids is 3. The number of hydrogen-bond acceptors (Lipinski definition) is 5. The molecule has 2 amide bonds. The van der Waals surface area contributed by atoms with Gasteiger partial charge in [-0.25, -0.2) is 0 Å². The Bertz CT molecular complexity index is 1080. The van der Waals surface area contributed by atoms with Crippen molar-refractivity contribution in [3.63, 3.8) is 0 Å². The van der Waals surface area contributed by atoms with Crippen LogP contribution in [0.15, 0.2) is 72.8 Å². The predicted octanol–water partition coefficient (Wildman–Crippen LogP) is 4.19. The van der Waals surface area contributed by atoms with Crippen LogP contribution in [0, 0.1) is 6.92 Å². The molecule has 0 saturated heterocycles. The predicted molar refractivity (Wildman–Crippen MR) is 117 cm³/mol. The van der Waals surface area contributed by atoms with E-state index in [0.717, 1.165) is 5.56 Å². The van der Waals surface area contributed by atoms with E-state index in [2.05, 4.69) is 10.6 Å². The first-order valence-corrected chi connectivity index (χ1v) is 9.58. The molecule has 0 aliphatic carbocycles. The third-order valence-corrected chi connectivity index (χ3v) is 4.18. The van der Waals surface area contributed by atoms with Crippen LogP contribution in [-0.4, -0.2) is 24.4 Å². The zero-order chi connectivity index (χ0) is 22.2. The summed E-state index contributed by atoms with van der Waals surface area (Å²) in [5.41, 5.74) is 2.59. The fourth-order valence-electron chi connectivity index (χ4n) is 2.69. The zero-order valence-electron chi connectivity index (χ0n) is 17.2. The molecule has 2 N–H and O–H groups in total. The van der Waals surface area contributed by atoms with E-state index < -0.39 is 5.97 Å². The number of aryl methyl sites for hydroxylation is 1. The number of ether oxygens (including phenoxy) is 2. The van der Waals surface area contributed by atoms with Crippen molar-refractivity contribution in [3.05, 3.63) is 83.9 Å². The topological polar surface area (TPSA) is 93.7 Å². The van der Waals surface area contributed by atoms with Gasteiger partial charge in [-0.2, -0.15) is 0 Å². The van der Waals surface area contributed by atoms with Crippen molar-refractivity contribution in [3.8, 4) is 11.5 Å². The Morgan fingerprint density at radius 2 is 1.45 bits per heavy atom. The van der Waals surface area contributed by atoms with Gasteiger partial charge in [0.2, 0.25) is 0 Å². The monoisotopic (exact) mass is 418 g/mol. The van der Waals surface area contributed by atoms with Crippen molar-refractivity contribution < 1.29 is 23.9 Å². The highest BCUT2D eigenvalue weighted by atomic mass is 16.5. The number of benzene rings is 3. The van der Waals surface area contributed by atoms with E-state index in [1.165, 1.54) is 13.0 Å². The number of hydrogen-bond donors (Lipinski definition) is 2. The molecule has 3 aromatic carbocycles. The smallest absolute Gasteiger partial charge is 0.308 e. The van der Waals surface area contributed by atoms with Crippen LogP contribution in [0.2, 0.25) is 0 Å². The summed E-state index contributed by atoms with van der Waals surface area (Å²) in [6.45, 7) is 3.16. The van der Waals surface area contributed by atoms with Gasteiger partial charge in [0.25, 0.3) is 11.8 Å². The third kappa shape index (κ3) is 6.71. The number of anilines is 2. The third-order valence-electron chi connectivity index (χ3n) is 4.18. The molecule has 0 atom stereocenters. The van der Waals surface area contributed by atoms with Crippen LogP contribution >= 0.6 is 0 Å². The molecule has 0 aliphatic heterocycles. The molecule has 0 radical (unpaired) electrons. The van der Waals surface area contributed by atoms with Crippen molar-refractivity contribution in [2.45, 2.75) is 13.8 Å². The number of esters is 1. The summed E-state index contributed by atoms with van der Waals surface area (Å²) in [7, 11) is 0. The second-order valence-corrected chi connectivity index (χ2v) is 6.80. The molecule has 3 aromatic rings. The fourth-order valence-corrected chi connectivity index (χ4v) is 2.69. The van der Waals surface area contributed by atoms with Gasteiger partial charge in [0.15, 0.2) is 6.61 Å². The van der Waals surface area contributed by atoms with Gasteiger partial charge in [0, 0.05) is 23.9 Å². The molecule has 0 bridgehead atoms. The van der Waals surface area contributed by atoms with Crippen LogP contribution in [0.3, 0.4) is 0 Å². The lowest BCUT2D eigenvalue weighted by Gasteiger charge is -2.10. The minimum Gasteiger partial charge on any atom is -0.484 e. The highest BCUT2D eigenvalue weighted by Crippen LogP contribution is 2.18. The summed E-state index contributed by atoms with van der Waals surface area (Å²) in [4.78, 5) is 35.5. The van der Waals surface area contributed by atoms with Crippen LogP contribution in [0.5, 0.6) is 11.5 Å². The van der Waals surface area contributed by atoms with Crippen LogP contribution in [-0.2, 0) is 9.59 Å². The Labute approximate surface area is 180 Å². The molecule has 0 saturated carbocycles. The number of nitrogens with one attached hydrogen (secondary N) is 2. The molecular formula is C24H22N2O5. The Balaban J connectivity index is 1.52. The lowest BCUT2D eigenvalue weighted by Crippen LogP contribution is -2.20. The quantitative estimate of drug-likeness (QED) is 0.443. The molecular weight excluding hydrogens is 396 g/mol. The molecule has 0 unspecified atom stereocenters. The second kappa shape index (κ2) is 10.1. The maximum Gasteiger partial charge on any atom is 0.308 e. The minimum atomic E-state index is -0.459. The summed E-state index contributed by atoms with van der Waals surface area (Å²) >= 11 is 0. The standard InChI is InChI=1S/C24H22N2O5/c1-16-6-12-21(13-7-16)30-15-23(28)25-19-8-10-20(11-9-19)26-24(29)18-4-3-5-22(14-18)31-17(2)27/h3-14H,15H2,1-2H3,(H,25,28)(H,26,29). The lowest BCUT2D eigenvalue weighted by molar-refractivity contribution is -0.131. The molecule has 0 fully saturated rings. The van der Waals surface area contributed by atoms with E-state index in [0.29, 0.717) is 28.4 Å². The normalized spacial score (nSPS) is 10.1. The Kier molecular flexibility index (Phi) is 7.01. The van der Waals surface area contributed by atoms with E-state index in [1.54, 1.807) is 42.5 Å². The van der Waals surface area contributed by atoms with Crippen molar-refractivity contribution in [1.82, 2.24) is 0 Å². The van der Waals surface area contributed by atoms with E-state index in [9.17, 15) is 14.4 Å². The minimum absolute atomic E-state index is 0.111. The highest BCUT2D eigenvalue weighted by Gasteiger charge is 2.09. The number of amides is 2. The van der Waals surface area contributed by atoms with Gasteiger partial charge in [-0.3, -0.25) is 14.4 Å². The van der Waals surface area contributed by atoms with Gasteiger partial charge in [-0.1, -0.05) is 23.8 Å². The lowest BCUT2D eigenvalue weighted by atomic mass is 10.2. The molecule has 0 aliphatic rings. The first-order chi connectivity index (χ1) is 14.9. The zero-order valence-corrected chi connectivity index (χ0v) is 17.2. The Hall–Kier alpha value is -4.13. The van der Waals surface area contributed by atoms with Gasteiger partial charge in [0.05, 0.1) is 0 Å². The average molecular weight is 418 g/mol. The summed E-state index contributed by atoms with van der Waals surface area (Å²) in [6.07, 6.45) is 0. The van der Waals surface area contributed by atoms with E-state index >= 15 is 0 Å². The molecule has 7 heteroatoms. The Morgan fingerprint density at radius 3 is 2.10 bits per heavy atom. The van der Waals surface area contributed by atoms with E-state index in [4.69, 9.17) is 9.47 Å². The first kappa shape index (κ1) is 21.6. The van der Waals surface area contributed by atoms with Crippen LogP contribution in [0.25, 0.3) is 0 Å². The van der Waals surface area contributed by atoms with Crippen LogP contribution < -0.4 is 20.1 Å². The average Bonchev–Trinajstić information content (AvgIpc) is 2.74. The number of carbonyl (C=O) groups is 3. The molecule has 0 heterocycles. The van der Waals surface area contributed by atoms with Crippen molar-refractivity contribution in [2.24, 2.45) is 0 Å². The molecule has 3 rings (SSSR count). The molecule has 158 valence electrons. The molecule has 0 spiro atoms. The Morgan fingerprint density at radius 1 is 0.806 bits per heavy atom. The molecule has 31 heavy (non-hydrogen) atoms. The van der Waals surface area contributed by atoms with Crippen molar-refractivity contribution in [2.75, 3.05) is 17.2 Å². The summed E-state index contributed by atoms with van der Waals surface area (Å²) in [5, 5.41) is 5.49. The molecule has 0 aromatic heterocycles. The fraction of sp³-hybridized carbons (Fsp3) is 0.125. The summed E-state index contributed by atoms with van der Waals surface area (Å²) in [6, 6.07) is 20.5. The van der Waals surface area contributed by atoms with Crippen molar-refractivity contribution in [1.29, 1.82) is 0 Å². The number of rotatable bonds is 7. The van der Waals surface area contributed by atoms with E-state index in [-0.39, 0.29) is 18.4 Å². The van der Waals surface area contributed by atoms with Gasteiger partial charge in [-0.05, 0) is 61.5 Å². The SMILES string of the molecule is CC(=O)Oc1cccc(C(=O)Nc2ccc(NC(=O)COc3ccc(C)cc3)cc2)c1. The first-order valence-electron chi connectivity index (χ1n) is 9.58. The van der Waals surface area contributed by atoms with Gasteiger partial charge < -0.3 is 20.1 Å². The largest absolute Gasteiger partial charge is 0.484 e. The summed E-state index contributed by atoms with van der Waals surface area (Å²) < 4.78 is 10.4. The highest BCUT2D eigenvalue weighted by molar-refractivity contribution is 6.04. The van der Waals surface area contributed by atoms with Gasteiger partial charge >= 0.3 is 5.97 Å². The van der Waals surface area contributed by atoms with Gasteiger partial charge in [0.1, 0.15) is 11.5 Å². The maximum atomic E-state index is 12.4. The van der Waals surface area contributed by atoms with Crippen LogP contribution in [0.4, 0.5) is 11.4 Å².